The summed E-state index contributed by atoms with van der Waals surface area (Å²) in [6, 6.07) is 21.5. The van der Waals surface area contributed by atoms with Gasteiger partial charge in [-0.15, -0.1) is 0 Å². The van der Waals surface area contributed by atoms with E-state index in [9.17, 15) is 9.59 Å². The van der Waals surface area contributed by atoms with Crippen molar-refractivity contribution in [3.8, 4) is 11.5 Å². The molecule has 3 aromatic rings. The first-order valence-electron chi connectivity index (χ1n) is 11.0. The van der Waals surface area contributed by atoms with Crippen LogP contribution >= 0.6 is 43.6 Å². The van der Waals surface area contributed by atoms with E-state index in [-0.39, 0.29) is 11.1 Å². The van der Waals surface area contributed by atoms with Crippen molar-refractivity contribution in [2.24, 2.45) is 0 Å². The first-order valence-corrected chi connectivity index (χ1v) is 13.4. The topological polar surface area (TPSA) is 55.8 Å². The van der Waals surface area contributed by atoms with Crippen molar-refractivity contribution in [2.75, 3.05) is 13.7 Å². The van der Waals surface area contributed by atoms with Crippen LogP contribution in [-0.2, 0) is 17.8 Å². The number of ether oxygens (including phenoxy) is 2. The fraction of sp³-hybridized carbons (Fsp3) is 0.185. The Morgan fingerprint density at radius 3 is 2.40 bits per heavy atom. The van der Waals surface area contributed by atoms with Crippen LogP contribution in [0.25, 0.3) is 6.08 Å². The molecule has 0 spiro atoms. The molecule has 0 aromatic heterocycles. The molecule has 0 aliphatic carbocycles. The van der Waals surface area contributed by atoms with E-state index in [1.165, 1.54) is 10.5 Å². The van der Waals surface area contributed by atoms with Gasteiger partial charge in [0.15, 0.2) is 11.5 Å². The van der Waals surface area contributed by atoms with Crippen molar-refractivity contribution in [2.45, 2.75) is 19.4 Å². The lowest BCUT2D eigenvalue weighted by Crippen LogP contribution is -2.29. The number of hydrogen-bond donors (Lipinski definition) is 0. The van der Waals surface area contributed by atoms with Gasteiger partial charge < -0.3 is 9.47 Å². The van der Waals surface area contributed by atoms with Crippen molar-refractivity contribution >= 4 is 60.8 Å². The molecule has 4 rings (SSSR count). The molecule has 0 saturated carbocycles. The van der Waals surface area contributed by atoms with E-state index < -0.39 is 0 Å². The third-order valence-electron chi connectivity index (χ3n) is 5.44. The summed E-state index contributed by atoms with van der Waals surface area (Å²) in [5.41, 5.74) is 2.94. The van der Waals surface area contributed by atoms with E-state index in [4.69, 9.17) is 9.47 Å². The Bertz CT molecular complexity index is 1250. The van der Waals surface area contributed by atoms with Crippen molar-refractivity contribution in [1.82, 2.24) is 4.90 Å². The van der Waals surface area contributed by atoms with Crippen LogP contribution in [-0.4, -0.2) is 29.7 Å². The van der Waals surface area contributed by atoms with Crippen molar-refractivity contribution < 1.29 is 19.1 Å². The highest BCUT2D eigenvalue weighted by molar-refractivity contribution is 9.10. The molecule has 0 radical (unpaired) electrons. The van der Waals surface area contributed by atoms with Crippen molar-refractivity contribution in [1.29, 1.82) is 0 Å². The molecule has 0 bridgehead atoms. The number of imide groups is 1. The average Bonchev–Trinajstić information content (AvgIpc) is 3.13. The van der Waals surface area contributed by atoms with Gasteiger partial charge in [0.1, 0.15) is 6.61 Å². The average molecular weight is 617 g/mol. The number of rotatable bonds is 9. The van der Waals surface area contributed by atoms with Gasteiger partial charge in [-0.1, -0.05) is 74.3 Å². The third-order valence-corrected chi connectivity index (χ3v) is 7.56. The zero-order valence-corrected chi connectivity index (χ0v) is 23.0. The van der Waals surface area contributed by atoms with Gasteiger partial charge in [0.05, 0.1) is 12.0 Å². The monoisotopic (exact) mass is 615 g/mol. The van der Waals surface area contributed by atoms with Gasteiger partial charge in [0, 0.05) is 15.5 Å². The molecule has 3 aromatic carbocycles. The Kier molecular flexibility index (Phi) is 8.70. The van der Waals surface area contributed by atoms with Crippen LogP contribution in [0.15, 0.2) is 80.6 Å². The molecule has 0 N–H and O–H groups in total. The first-order chi connectivity index (χ1) is 16.9. The van der Waals surface area contributed by atoms with Gasteiger partial charge in [-0.05, 0) is 71.6 Å². The summed E-state index contributed by atoms with van der Waals surface area (Å²) < 4.78 is 13.2. The first kappa shape index (κ1) is 25.5. The van der Waals surface area contributed by atoms with Crippen LogP contribution in [0.2, 0.25) is 0 Å². The van der Waals surface area contributed by atoms with Gasteiger partial charge >= 0.3 is 0 Å². The van der Waals surface area contributed by atoms with Gasteiger partial charge in [0.25, 0.3) is 11.1 Å². The number of thioether (sulfide) groups is 1. The fourth-order valence-electron chi connectivity index (χ4n) is 3.60. The summed E-state index contributed by atoms with van der Waals surface area (Å²) in [5, 5.41) is -0.244. The summed E-state index contributed by atoms with van der Waals surface area (Å²) >= 11 is 7.95. The van der Waals surface area contributed by atoms with Crippen LogP contribution in [0.1, 0.15) is 23.1 Å². The third kappa shape index (κ3) is 6.57. The van der Waals surface area contributed by atoms with E-state index in [0.29, 0.717) is 29.6 Å². The molecule has 0 atom stereocenters. The number of methoxy groups -OCH3 is 1. The second kappa shape index (κ2) is 11.9. The second-order valence-corrected chi connectivity index (χ2v) is 10.6. The van der Waals surface area contributed by atoms with Crippen LogP contribution in [0.4, 0.5) is 4.79 Å². The number of carbonyl (C=O) groups is 2. The molecule has 5 nitrogen and oxygen atoms in total. The van der Waals surface area contributed by atoms with Crippen LogP contribution in [0, 0.1) is 0 Å². The summed E-state index contributed by atoms with van der Waals surface area (Å²) in [4.78, 5) is 27.1. The maximum absolute atomic E-state index is 12.9. The van der Waals surface area contributed by atoms with Gasteiger partial charge in [-0.2, -0.15) is 0 Å². The molecular formula is C27H23Br2NO4S. The molecule has 35 heavy (non-hydrogen) atoms. The fourth-order valence-corrected chi connectivity index (χ4v) is 5.15. The number of amides is 2. The Labute approximate surface area is 225 Å². The molecule has 1 heterocycles. The van der Waals surface area contributed by atoms with Gasteiger partial charge in [-0.25, -0.2) is 0 Å². The van der Waals surface area contributed by atoms with Crippen LogP contribution in [0.5, 0.6) is 11.5 Å². The van der Waals surface area contributed by atoms with Crippen molar-refractivity contribution in [3.63, 3.8) is 0 Å². The molecule has 180 valence electrons. The Balaban J connectivity index is 1.44. The lowest BCUT2D eigenvalue weighted by atomic mass is 10.1. The number of aryl methyl sites for hydroxylation is 1. The normalized spacial score (nSPS) is 14.6. The highest BCUT2D eigenvalue weighted by Crippen LogP contribution is 2.38. The molecule has 1 aliphatic rings. The van der Waals surface area contributed by atoms with E-state index in [0.717, 1.165) is 44.7 Å². The van der Waals surface area contributed by atoms with E-state index >= 15 is 0 Å². The standard InChI is InChI=1S/C27H23Br2NO4S/c1-33-23-14-20(22(29)16-24(23)34-17-19-9-11-21(28)12-10-19)15-25-26(31)30(27(32)35-25)13-5-8-18-6-3-2-4-7-18/h2-4,6-7,9-12,14-16H,5,8,13,17H2,1H3/b25-15+. The smallest absolute Gasteiger partial charge is 0.293 e. The van der Waals surface area contributed by atoms with Gasteiger partial charge in [0.2, 0.25) is 0 Å². The number of halogens is 2. The predicted octanol–water partition coefficient (Wildman–Crippen LogP) is 7.47. The molecule has 1 fully saturated rings. The molecule has 8 heteroatoms. The Hall–Kier alpha value is -2.55. The molecule has 1 saturated heterocycles. The predicted molar refractivity (Wildman–Crippen MR) is 147 cm³/mol. The largest absolute Gasteiger partial charge is 0.493 e. The minimum atomic E-state index is -0.269. The summed E-state index contributed by atoms with van der Waals surface area (Å²) in [5.74, 6) is 0.849. The van der Waals surface area contributed by atoms with E-state index in [2.05, 4.69) is 31.9 Å². The van der Waals surface area contributed by atoms with Crippen LogP contribution in [0.3, 0.4) is 0 Å². The van der Waals surface area contributed by atoms with Gasteiger partial charge in [-0.3, -0.25) is 14.5 Å². The zero-order valence-electron chi connectivity index (χ0n) is 19.0. The van der Waals surface area contributed by atoms with E-state index in [1.807, 2.05) is 60.7 Å². The Morgan fingerprint density at radius 2 is 1.69 bits per heavy atom. The summed E-state index contributed by atoms with van der Waals surface area (Å²) in [6.07, 6.45) is 3.25. The number of carbonyl (C=O) groups excluding carboxylic acids is 2. The molecule has 2 amide bonds. The second-order valence-electron chi connectivity index (χ2n) is 7.86. The van der Waals surface area contributed by atoms with Crippen LogP contribution < -0.4 is 9.47 Å². The maximum Gasteiger partial charge on any atom is 0.293 e. The summed E-state index contributed by atoms with van der Waals surface area (Å²) in [7, 11) is 1.57. The lowest BCUT2D eigenvalue weighted by molar-refractivity contribution is -0.122. The number of hydrogen-bond acceptors (Lipinski definition) is 5. The lowest BCUT2D eigenvalue weighted by Gasteiger charge is -2.13. The molecule has 0 unspecified atom stereocenters. The summed E-state index contributed by atoms with van der Waals surface area (Å²) in [6.45, 7) is 0.779. The SMILES string of the molecule is COc1cc(/C=C2/SC(=O)N(CCCc3ccccc3)C2=O)c(Br)cc1OCc1ccc(Br)cc1. The maximum atomic E-state index is 12.9. The minimum Gasteiger partial charge on any atom is -0.493 e. The minimum absolute atomic E-state index is 0.244. The van der Waals surface area contributed by atoms with Crippen molar-refractivity contribution in [3.05, 3.63) is 97.3 Å². The highest BCUT2D eigenvalue weighted by Gasteiger charge is 2.34. The van der Waals surface area contributed by atoms with E-state index in [1.54, 1.807) is 19.3 Å². The molecular weight excluding hydrogens is 594 g/mol. The number of benzene rings is 3. The highest BCUT2D eigenvalue weighted by atomic mass is 79.9. The Morgan fingerprint density at radius 1 is 0.943 bits per heavy atom. The quantitative estimate of drug-likeness (QED) is 0.233. The zero-order chi connectivity index (χ0) is 24.8. The number of nitrogens with zero attached hydrogens (tertiary/aromatic N) is 1. The molecule has 1 aliphatic heterocycles.